The van der Waals surface area contributed by atoms with Gasteiger partial charge in [0, 0.05) is 11.6 Å². The molecular formula is C17H19BrFNO. The van der Waals surface area contributed by atoms with E-state index in [0.717, 1.165) is 23.4 Å². The Morgan fingerprint density at radius 2 is 1.95 bits per heavy atom. The number of hydrogen-bond donors (Lipinski definition) is 1. The molecule has 21 heavy (non-hydrogen) atoms. The highest BCUT2D eigenvalue weighted by Crippen LogP contribution is 2.30. The lowest BCUT2D eigenvalue weighted by Crippen LogP contribution is -2.23. The van der Waals surface area contributed by atoms with Gasteiger partial charge in [-0.15, -0.1) is 0 Å². The smallest absolute Gasteiger partial charge is 0.137 e. The fraction of sp³-hybridized carbons (Fsp3) is 0.294. The summed E-state index contributed by atoms with van der Waals surface area (Å²) in [6.45, 7) is 2.89. The van der Waals surface area contributed by atoms with Gasteiger partial charge in [-0.1, -0.05) is 37.3 Å². The number of ether oxygens (including phenoxy) is 1. The lowest BCUT2D eigenvalue weighted by Gasteiger charge is -2.21. The molecule has 0 aromatic heterocycles. The molecule has 0 spiro atoms. The van der Waals surface area contributed by atoms with Crippen LogP contribution in [0, 0.1) is 5.82 Å². The van der Waals surface area contributed by atoms with E-state index in [-0.39, 0.29) is 11.9 Å². The number of halogens is 2. The first-order chi connectivity index (χ1) is 10.2. The second-order valence-electron chi connectivity index (χ2n) is 4.77. The molecule has 0 heterocycles. The zero-order valence-electron chi connectivity index (χ0n) is 12.2. The minimum absolute atomic E-state index is 0.0734. The Hall–Kier alpha value is -1.39. The number of rotatable bonds is 6. The Morgan fingerprint density at radius 1 is 1.19 bits per heavy atom. The molecule has 2 aromatic carbocycles. The van der Waals surface area contributed by atoms with Crippen molar-refractivity contribution in [1.82, 2.24) is 5.32 Å². The van der Waals surface area contributed by atoms with E-state index in [9.17, 15) is 4.39 Å². The number of hydrogen-bond acceptors (Lipinski definition) is 2. The van der Waals surface area contributed by atoms with Gasteiger partial charge in [-0.3, -0.25) is 0 Å². The van der Waals surface area contributed by atoms with E-state index in [0.29, 0.717) is 10.9 Å². The number of likely N-dealkylation sites (N-methyl/N-ethyl adjacent to an activating group) is 1. The first-order valence-electron chi connectivity index (χ1n) is 6.96. The number of benzene rings is 2. The first-order valence-corrected chi connectivity index (χ1v) is 7.75. The van der Waals surface area contributed by atoms with E-state index in [1.54, 1.807) is 13.2 Å². The van der Waals surface area contributed by atoms with E-state index < -0.39 is 0 Å². The van der Waals surface area contributed by atoms with E-state index in [4.69, 9.17) is 4.74 Å². The molecule has 0 bridgehead atoms. The van der Waals surface area contributed by atoms with Gasteiger partial charge >= 0.3 is 0 Å². The van der Waals surface area contributed by atoms with Gasteiger partial charge in [0.1, 0.15) is 11.6 Å². The van der Waals surface area contributed by atoms with Crippen molar-refractivity contribution in [3.8, 4) is 5.75 Å². The van der Waals surface area contributed by atoms with Gasteiger partial charge in [0.25, 0.3) is 0 Å². The fourth-order valence-corrected chi connectivity index (χ4v) is 2.85. The van der Waals surface area contributed by atoms with Crippen LogP contribution < -0.4 is 10.1 Å². The summed E-state index contributed by atoms with van der Waals surface area (Å²) in [6.07, 6.45) is 0.687. The van der Waals surface area contributed by atoms with Crippen molar-refractivity contribution in [2.24, 2.45) is 0 Å². The number of para-hydroxylation sites is 1. The lowest BCUT2D eigenvalue weighted by atomic mass is 9.98. The molecule has 0 aliphatic heterocycles. The van der Waals surface area contributed by atoms with Gasteiger partial charge in [0.15, 0.2) is 0 Å². The monoisotopic (exact) mass is 351 g/mol. The predicted octanol–water partition coefficient (Wildman–Crippen LogP) is 4.49. The minimum Gasteiger partial charge on any atom is -0.496 e. The standard InChI is InChI=1S/C17H19BrFNO/c1-3-20-15(13-8-4-5-10-16(13)21-2)11-12-7-6-9-14(19)17(12)18/h4-10,15,20H,3,11H2,1-2H3. The van der Waals surface area contributed by atoms with Gasteiger partial charge in [-0.2, -0.15) is 0 Å². The van der Waals surface area contributed by atoms with E-state index in [1.807, 2.05) is 30.3 Å². The predicted molar refractivity (Wildman–Crippen MR) is 87.2 cm³/mol. The first kappa shape index (κ1) is 16.0. The third-order valence-electron chi connectivity index (χ3n) is 3.42. The van der Waals surface area contributed by atoms with Crippen LogP contribution in [0.4, 0.5) is 4.39 Å². The Bertz CT molecular complexity index is 603. The summed E-state index contributed by atoms with van der Waals surface area (Å²) in [6, 6.07) is 13.1. The highest BCUT2D eigenvalue weighted by molar-refractivity contribution is 9.10. The fourth-order valence-electron chi connectivity index (χ4n) is 2.42. The van der Waals surface area contributed by atoms with Crippen LogP contribution in [-0.4, -0.2) is 13.7 Å². The van der Waals surface area contributed by atoms with E-state index in [1.165, 1.54) is 6.07 Å². The quantitative estimate of drug-likeness (QED) is 0.827. The van der Waals surface area contributed by atoms with Crippen LogP contribution in [0.1, 0.15) is 24.1 Å². The maximum Gasteiger partial charge on any atom is 0.137 e. The van der Waals surface area contributed by atoms with Crippen molar-refractivity contribution in [3.63, 3.8) is 0 Å². The van der Waals surface area contributed by atoms with Crippen LogP contribution in [0.3, 0.4) is 0 Å². The van der Waals surface area contributed by atoms with Crippen LogP contribution in [0.5, 0.6) is 5.75 Å². The molecule has 0 fully saturated rings. The Balaban J connectivity index is 2.33. The average Bonchev–Trinajstić information content (AvgIpc) is 2.51. The van der Waals surface area contributed by atoms with Gasteiger partial charge in [0.2, 0.25) is 0 Å². The molecule has 2 aromatic rings. The average molecular weight is 352 g/mol. The summed E-state index contributed by atoms with van der Waals surface area (Å²) in [7, 11) is 1.67. The SMILES string of the molecule is CCNC(Cc1cccc(F)c1Br)c1ccccc1OC. The molecule has 0 radical (unpaired) electrons. The Kier molecular flexibility index (Phi) is 5.76. The van der Waals surface area contributed by atoms with Gasteiger partial charge in [-0.05, 0) is 46.6 Å². The largest absolute Gasteiger partial charge is 0.496 e. The van der Waals surface area contributed by atoms with Crippen molar-refractivity contribution in [3.05, 3.63) is 63.9 Å². The normalized spacial score (nSPS) is 12.2. The Morgan fingerprint density at radius 3 is 2.67 bits per heavy atom. The van der Waals surface area contributed by atoms with Crippen molar-refractivity contribution in [2.45, 2.75) is 19.4 Å². The molecule has 2 rings (SSSR count). The zero-order valence-corrected chi connectivity index (χ0v) is 13.8. The molecule has 0 aliphatic carbocycles. The van der Waals surface area contributed by atoms with Gasteiger partial charge in [0.05, 0.1) is 11.6 Å². The summed E-state index contributed by atoms with van der Waals surface area (Å²) < 4.78 is 19.6. The molecule has 0 aliphatic rings. The second kappa shape index (κ2) is 7.57. The zero-order chi connectivity index (χ0) is 15.2. The van der Waals surface area contributed by atoms with Gasteiger partial charge in [-0.25, -0.2) is 4.39 Å². The highest BCUT2D eigenvalue weighted by Gasteiger charge is 2.17. The topological polar surface area (TPSA) is 21.3 Å². The molecule has 1 unspecified atom stereocenters. The maximum atomic E-state index is 13.7. The molecule has 112 valence electrons. The maximum absolute atomic E-state index is 13.7. The third kappa shape index (κ3) is 3.83. The van der Waals surface area contributed by atoms with Crippen LogP contribution >= 0.6 is 15.9 Å². The molecule has 0 amide bonds. The summed E-state index contributed by atoms with van der Waals surface area (Å²) in [5, 5.41) is 3.45. The third-order valence-corrected chi connectivity index (χ3v) is 4.31. The molecular weight excluding hydrogens is 333 g/mol. The summed E-state index contributed by atoms with van der Waals surface area (Å²) in [5.74, 6) is 0.610. The summed E-state index contributed by atoms with van der Waals surface area (Å²) in [5.41, 5.74) is 2.02. The van der Waals surface area contributed by atoms with Crippen molar-refractivity contribution < 1.29 is 9.13 Å². The van der Waals surface area contributed by atoms with Crippen LogP contribution in [0.15, 0.2) is 46.9 Å². The summed E-state index contributed by atoms with van der Waals surface area (Å²) in [4.78, 5) is 0. The van der Waals surface area contributed by atoms with E-state index >= 15 is 0 Å². The summed E-state index contributed by atoms with van der Waals surface area (Å²) >= 11 is 3.33. The van der Waals surface area contributed by atoms with Crippen LogP contribution in [-0.2, 0) is 6.42 Å². The lowest BCUT2D eigenvalue weighted by molar-refractivity contribution is 0.399. The van der Waals surface area contributed by atoms with Crippen molar-refractivity contribution in [2.75, 3.05) is 13.7 Å². The molecule has 0 saturated heterocycles. The number of methoxy groups -OCH3 is 1. The van der Waals surface area contributed by atoms with E-state index in [2.05, 4.69) is 28.2 Å². The molecule has 2 nitrogen and oxygen atoms in total. The molecule has 0 saturated carbocycles. The second-order valence-corrected chi connectivity index (χ2v) is 5.56. The van der Waals surface area contributed by atoms with Crippen LogP contribution in [0.2, 0.25) is 0 Å². The van der Waals surface area contributed by atoms with Crippen molar-refractivity contribution >= 4 is 15.9 Å². The highest BCUT2D eigenvalue weighted by atomic mass is 79.9. The molecule has 1 atom stereocenters. The Labute approximate surface area is 133 Å². The molecule has 4 heteroatoms. The van der Waals surface area contributed by atoms with Gasteiger partial charge < -0.3 is 10.1 Å². The minimum atomic E-state index is -0.234. The molecule has 1 N–H and O–H groups in total. The van der Waals surface area contributed by atoms with Crippen LogP contribution in [0.25, 0.3) is 0 Å². The van der Waals surface area contributed by atoms with Crippen molar-refractivity contribution in [1.29, 1.82) is 0 Å². The number of nitrogens with one attached hydrogen (secondary N) is 1.